The van der Waals surface area contributed by atoms with Crippen molar-refractivity contribution in [3.63, 3.8) is 0 Å². The van der Waals surface area contributed by atoms with E-state index in [1.165, 1.54) is 6.20 Å². The molecule has 1 aromatic heterocycles. The standard InChI is InChI=1S/C22H19BrN2O6/c23-15-2-1-3-18(8-15)31-21-7-4-14(10-24-21)22(27)25-11-16(26)12-28-17-5-6-19-20(9-17)30-13-29-19/h1-10,16,26H,11-13H2,(H,25,27). The van der Waals surface area contributed by atoms with E-state index >= 15 is 0 Å². The van der Waals surface area contributed by atoms with Crippen molar-refractivity contribution in [3.8, 4) is 28.9 Å². The molecule has 31 heavy (non-hydrogen) atoms. The number of rotatable bonds is 8. The van der Waals surface area contributed by atoms with Gasteiger partial charge in [0.1, 0.15) is 24.2 Å². The first-order chi connectivity index (χ1) is 15.1. The van der Waals surface area contributed by atoms with E-state index in [2.05, 4.69) is 26.2 Å². The van der Waals surface area contributed by atoms with Gasteiger partial charge in [0.25, 0.3) is 5.91 Å². The van der Waals surface area contributed by atoms with E-state index in [1.54, 1.807) is 36.4 Å². The summed E-state index contributed by atoms with van der Waals surface area (Å²) in [6, 6.07) is 15.7. The molecule has 8 nitrogen and oxygen atoms in total. The molecule has 9 heteroatoms. The molecule has 0 spiro atoms. The van der Waals surface area contributed by atoms with Crippen molar-refractivity contribution in [1.29, 1.82) is 0 Å². The minimum Gasteiger partial charge on any atom is -0.491 e. The molecule has 1 atom stereocenters. The zero-order valence-electron chi connectivity index (χ0n) is 16.3. The normalized spacial score (nSPS) is 12.8. The number of ether oxygens (including phenoxy) is 4. The molecule has 0 radical (unpaired) electrons. The van der Waals surface area contributed by atoms with Crippen LogP contribution in [0.1, 0.15) is 10.4 Å². The Morgan fingerprint density at radius 2 is 2.00 bits per heavy atom. The van der Waals surface area contributed by atoms with E-state index in [0.29, 0.717) is 34.4 Å². The molecule has 0 aliphatic carbocycles. The number of aliphatic hydroxyl groups excluding tert-OH is 1. The molecule has 2 heterocycles. The van der Waals surface area contributed by atoms with Crippen LogP contribution in [0.15, 0.2) is 65.3 Å². The number of halogens is 1. The lowest BCUT2D eigenvalue weighted by molar-refractivity contribution is 0.0843. The number of nitrogens with zero attached hydrogens (tertiary/aromatic N) is 1. The van der Waals surface area contributed by atoms with Crippen LogP contribution in [-0.2, 0) is 0 Å². The molecule has 1 unspecified atom stereocenters. The van der Waals surface area contributed by atoms with Crippen molar-refractivity contribution in [1.82, 2.24) is 10.3 Å². The van der Waals surface area contributed by atoms with Crippen molar-refractivity contribution in [2.24, 2.45) is 0 Å². The van der Waals surface area contributed by atoms with Gasteiger partial charge in [-0.25, -0.2) is 4.98 Å². The van der Waals surface area contributed by atoms with Gasteiger partial charge in [-0.15, -0.1) is 0 Å². The van der Waals surface area contributed by atoms with Gasteiger partial charge in [-0.2, -0.15) is 0 Å². The van der Waals surface area contributed by atoms with Crippen molar-refractivity contribution in [2.75, 3.05) is 19.9 Å². The maximum absolute atomic E-state index is 12.3. The van der Waals surface area contributed by atoms with E-state index in [4.69, 9.17) is 18.9 Å². The quantitative estimate of drug-likeness (QED) is 0.502. The van der Waals surface area contributed by atoms with Gasteiger partial charge in [0.15, 0.2) is 11.5 Å². The van der Waals surface area contributed by atoms with Gasteiger partial charge >= 0.3 is 0 Å². The number of benzene rings is 2. The molecular formula is C22H19BrN2O6. The Kier molecular flexibility index (Phi) is 6.54. The predicted molar refractivity (Wildman–Crippen MR) is 115 cm³/mol. The van der Waals surface area contributed by atoms with Gasteiger partial charge < -0.3 is 29.4 Å². The van der Waals surface area contributed by atoms with Crippen molar-refractivity contribution in [3.05, 3.63) is 70.8 Å². The Labute approximate surface area is 186 Å². The van der Waals surface area contributed by atoms with Gasteiger partial charge in [-0.05, 0) is 36.4 Å². The minimum absolute atomic E-state index is 0.0115. The van der Waals surface area contributed by atoms with Crippen LogP contribution in [0.5, 0.6) is 28.9 Å². The minimum atomic E-state index is -0.888. The number of nitrogens with one attached hydrogen (secondary N) is 1. The highest BCUT2D eigenvalue weighted by atomic mass is 79.9. The van der Waals surface area contributed by atoms with Crippen LogP contribution in [0.25, 0.3) is 0 Å². The highest BCUT2D eigenvalue weighted by Gasteiger charge is 2.15. The van der Waals surface area contributed by atoms with Gasteiger partial charge in [0.05, 0.1) is 5.56 Å². The summed E-state index contributed by atoms with van der Waals surface area (Å²) < 4.78 is 22.6. The van der Waals surface area contributed by atoms with Crippen LogP contribution in [-0.4, -0.2) is 42.0 Å². The number of hydrogen-bond donors (Lipinski definition) is 2. The summed E-state index contributed by atoms with van der Waals surface area (Å²) in [5.41, 5.74) is 0.352. The van der Waals surface area contributed by atoms with Gasteiger partial charge in [-0.3, -0.25) is 4.79 Å². The third-order valence-corrected chi connectivity index (χ3v) is 4.79. The molecule has 1 aliphatic rings. The van der Waals surface area contributed by atoms with Gasteiger partial charge in [-0.1, -0.05) is 22.0 Å². The molecule has 0 bridgehead atoms. The summed E-state index contributed by atoms with van der Waals surface area (Å²) in [4.78, 5) is 16.4. The Morgan fingerprint density at radius 3 is 2.81 bits per heavy atom. The predicted octanol–water partition coefficient (Wildman–Crippen LogP) is 3.53. The van der Waals surface area contributed by atoms with E-state index in [9.17, 15) is 9.90 Å². The molecule has 2 N–H and O–H groups in total. The first-order valence-electron chi connectivity index (χ1n) is 9.45. The number of carbonyl (C=O) groups excluding carboxylic acids is 1. The number of carbonyl (C=O) groups is 1. The van der Waals surface area contributed by atoms with E-state index < -0.39 is 6.10 Å². The van der Waals surface area contributed by atoms with Crippen LogP contribution in [0.2, 0.25) is 0 Å². The Hall–Kier alpha value is -3.30. The molecule has 0 saturated heterocycles. The maximum atomic E-state index is 12.3. The van der Waals surface area contributed by atoms with E-state index in [-0.39, 0.29) is 25.9 Å². The maximum Gasteiger partial charge on any atom is 0.252 e. The second-order valence-corrected chi connectivity index (χ2v) is 7.55. The third kappa shape index (κ3) is 5.65. The summed E-state index contributed by atoms with van der Waals surface area (Å²) in [6.07, 6.45) is 0.527. The molecule has 3 aromatic rings. The monoisotopic (exact) mass is 486 g/mol. The average Bonchev–Trinajstić information content (AvgIpc) is 3.24. The van der Waals surface area contributed by atoms with Crippen molar-refractivity contribution < 1.29 is 28.8 Å². The lowest BCUT2D eigenvalue weighted by atomic mass is 10.2. The Balaban J connectivity index is 1.23. The Morgan fingerprint density at radius 1 is 1.13 bits per heavy atom. The first kappa shape index (κ1) is 21.0. The largest absolute Gasteiger partial charge is 0.491 e. The lowest BCUT2D eigenvalue weighted by Gasteiger charge is -2.13. The average molecular weight is 487 g/mol. The number of aromatic nitrogens is 1. The van der Waals surface area contributed by atoms with Crippen LogP contribution < -0.4 is 24.3 Å². The number of aliphatic hydroxyl groups is 1. The summed E-state index contributed by atoms with van der Waals surface area (Å²) in [5, 5.41) is 12.7. The third-order valence-electron chi connectivity index (χ3n) is 4.30. The van der Waals surface area contributed by atoms with Crippen LogP contribution >= 0.6 is 15.9 Å². The SMILES string of the molecule is O=C(NCC(O)COc1ccc2c(c1)OCO2)c1ccc(Oc2cccc(Br)c2)nc1. The summed E-state index contributed by atoms with van der Waals surface area (Å²) in [5.74, 6) is 2.43. The number of amides is 1. The van der Waals surface area contributed by atoms with Crippen molar-refractivity contribution >= 4 is 21.8 Å². The summed E-state index contributed by atoms with van der Waals surface area (Å²) in [6.45, 7) is 0.219. The number of pyridine rings is 1. The zero-order valence-corrected chi connectivity index (χ0v) is 17.9. The van der Waals surface area contributed by atoms with Crippen LogP contribution in [0.3, 0.4) is 0 Å². The van der Waals surface area contributed by atoms with Gasteiger partial charge in [0.2, 0.25) is 12.7 Å². The first-order valence-corrected chi connectivity index (χ1v) is 10.2. The molecular weight excluding hydrogens is 468 g/mol. The molecule has 160 valence electrons. The fourth-order valence-corrected chi connectivity index (χ4v) is 3.14. The fourth-order valence-electron chi connectivity index (χ4n) is 2.76. The molecule has 0 fully saturated rings. The lowest BCUT2D eigenvalue weighted by Crippen LogP contribution is -2.35. The van der Waals surface area contributed by atoms with E-state index in [1.807, 2.05) is 18.2 Å². The van der Waals surface area contributed by atoms with E-state index in [0.717, 1.165) is 4.47 Å². The number of fused-ring (bicyclic) bond motifs is 1. The molecule has 1 amide bonds. The Bertz CT molecular complexity index is 1060. The zero-order chi connectivity index (χ0) is 21.6. The molecule has 4 rings (SSSR count). The molecule has 1 aliphatic heterocycles. The van der Waals surface area contributed by atoms with Crippen LogP contribution in [0, 0.1) is 0 Å². The van der Waals surface area contributed by atoms with Crippen LogP contribution in [0.4, 0.5) is 0 Å². The second kappa shape index (κ2) is 9.67. The topological polar surface area (TPSA) is 99.1 Å². The fraction of sp³-hybridized carbons (Fsp3) is 0.182. The molecule has 0 saturated carbocycles. The number of hydrogen-bond acceptors (Lipinski definition) is 7. The second-order valence-electron chi connectivity index (χ2n) is 6.63. The highest BCUT2D eigenvalue weighted by Crippen LogP contribution is 2.35. The summed E-state index contributed by atoms with van der Waals surface area (Å²) in [7, 11) is 0. The summed E-state index contributed by atoms with van der Waals surface area (Å²) >= 11 is 3.38. The molecule has 2 aromatic carbocycles. The smallest absolute Gasteiger partial charge is 0.252 e. The highest BCUT2D eigenvalue weighted by molar-refractivity contribution is 9.10. The van der Waals surface area contributed by atoms with Crippen molar-refractivity contribution in [2.45, 2.75) is 6.10 Å². The van der Waals surface area contributed by atoms with Gasteiger partial charge in [0, 0.05) is 29.3 Å².